The Morgan fingerprint density at radius 3 is 2.52 bits per heavy atom. The van der Waals surface area contributed by atoms with Crippen LogP contribution in [0.5, 0.6) is 11.5 Å². The molecule has 1 aromatic heterocycles. The van der Waals surface area contributed by atoms with Gasteiger partial charge in [0.1, 0.15) is 0 Å². The molecule has 0 saturated heterocycles. The molecule has 0 aliphatic carbocycles. The van der Waals surface area contributed by atoms with Crippen LogP contribution in [0, 0.1) is 0 Å². The van der Waals surface area contributed by atoms with E-state index in [9.17, 15) is 9.59 Å². The third-order valence-corrected chi connectivity index (χ3v) is 5.14. The number of amides is 2. The molecular weight excluding hydrogens is 414 g/mol. The van der Waals surface area contributed by atoms with E-state index >= 15 is 0 Å². The molecule has 7 nitrogen and oxygen atoms in total. The maximum Gasteiger partial charge on any atom is 0.238 e. The SMILES string of the molecule is C=CCN(Cc1cccs1)C(=O)CN(C)CC(=O)Nc1ccc(OCC)c(OCC)c1. The highest BCUT2D eigenvalue weighted by molar-refractivity contribution is 7.09. The zero-order chi connectivity index (χ0) is 22.6. The molecule has 0 radical (unpaired) electrons. The molecule has 0 spiro atoms. The number of ether oxygens (including phenoxy) is 2. The molecule has 0 aliphatic heterocycles. The van der Waals surface area contributed by atoms with Gasteiger partial charge in [-0.1, -0.05) is 12.1 Å². The summed E-state index contributed by atoms with van der Waals surface area (Å²) in [6.07, 6.45) is 1.71. The predicted molar refractivity (Wildman–Crippen MR) is 125 cm³/mol. The first kappa shape index (κ1) is 24.4. The van der Waals surface area contributed by atoms with Gasteiger partial charge in [0.05, 0.1) is 32.8 Å². The molecule has 0 fully saturated rings. The van der Waals surface area contributed by atoms with Crippen LogP contribution in [0.15, 0.2) is 48.4 Å². The summed E-state index contributed by atoms with van der Waals surface area (Å²) in [4.78, 5) is 29.7. The minimum absolute atomic E-state index is 0.0525. The summed E-state index contributed by atoms with van der Waals surface area (Å²) in [5.74, 6) is 0.955. The van der Waals surface area contributed by atoms with E-state index in [1.54, 1.807) is 52.5 Å². The topological polar surface area (TPSA) is 71.1 Å². The number of carbonyl (C=O) groups is 2. The Kier molecular flexibility index (Phi) is 10.1. The van der Waals surface area contributed by atoms with E-state index in [1.807, 2.05) is 31.4 Å². The largest absolute Gasteiger partial charge is 0.490 e. The van der Waals surface area contributed by atoms with Gasteiger partial charge in [-0.15, -0.1) is 17.9 Å². The summed E-state index contributed by atoms with van der Waals surface area (Å²) in [5.41, 5.74) is 0.614. The highest BCUT2D eigenvalue weighted by Crippen LogP contribution is 2.30. The Labute approximate surface area is 188 Å². The first-order valence-electron chi connectivity index (χ1n) is 10.3. The lowest BCUT2D eigenvalue weighted by Crippen LogP contribution is -2.41. The van der Waals surface area contributed by atoms with Crippen LogP contribution in [0.4, 0.5) is 5.69 Å². The summed E-state index contributed by atoms with van der Waals surface area (Å²) in [5, 5.41) is 4.84. The second-order valence-electron chi connectivity index (χ2n) is 6.89. The summed E-state index contributed by atoms with van der Waals surface area (Å²) in [7, 11) is 1.75. The van der Waals surface area contributed by atoms with Crippen molar-refractivity contribution in [2.24, 2.45) is 0 Å². The lowest BCUT2D eigenvalue weighted by atomic mass is 10.2. The molecule has 0 saturated carbocycles. The van der Waals surface area contributed by atoms with Crippen molar-refractivity contribution in [3.63, 3.8) is 0 Å². The van der Waals surface area contributed by atoms with E-state index in [2.05, 4.69) is 11.9 Å². The highest BCUT2D eigenvalue weighted by Gasteiger charge is 2.17. The zero-order valence-corrected chi connectivity index (χ0v) is 19.2. The molecular formula is C23H31N3O4S. The monoisotopic (exact) mass is 445 g/mol. The highest BCUT2D eigenvalue weighted by atomic mass is 32.1. The maximum atomic E-state index is 12.7. The number of anilines is 1. The fourth-order valence-corrected chi connectivity index (χ4v) is 3.68. The first-order chi connectivity index (χ1) is 15.0. The van der Waals surface area contributed by atoms with Gasteiger partial charge in [-0.2, -0.15) is 0 Å². The zero-order valence-electron chi connectivity index (χ0n) is 18.4. The molecule has 0 atom stereocenters. The van der Waals surface area contributed by atoms with Gasteiger partial charge in [-0.3, -0.25) is 14.5 Å². The number of carbonyl (C=O) groups excluding carboxylic acids is 2. The van der Waals surface area contributed by atoms with Gasteiger partial charge in [0, 0.05) is 23.2 Å². The smallest absolute Gasteiger partial charge is 0.238 e. The number of benzene rings is 1. The molecule has 168 valence electrons. The third-order valence-electron chi connectivity index (χ3n) is 4.27. The second kappa shape index (κ2) is 12.8. The second-order valence-corrected chi connectivity index (χ2v) is 7.92. The van der Waals surface area contributed by atoms with Crippen LogP contribution in [0.2, 0.25) is 0 Å². The van der Waals surface area contributed by atoms with Crippen LogP contribution in [0.1, 0.15) is 18.7 Å². The van der Waals surface area contributed by atoms with Gasteiger partial charge in [0.25, 0.3) is 0 Å². The van der Waals surface area contributed by atoms with Crippen molar-refractivity contribution in [2.45, 2.75) is 20.4 Å². The standard InChI is InChI=1S/C23H31N3O4S/c1-5-12-26(15-19-9-8-13-31-19)23(28)17-25(4)16-22(27)24-18-10-11-20(29-6-2)21(14-18)30-7-3/h5,8-11,13-14H,1,6-7,12,15-17H2,2-4H3,(H,24,27). The number of thiophene rings is 1. The fraction of sp³-hybridized carbons (Fsp3) is 0.391. The van der Waals surface area contributed by atoms with Gasteiger partial charge >= 0.3 is 0 Å². The quantitative estimate of drug-likeness (QED) is 0.477. The minimum Gasteiger partial charge on any atom is -0.490 e. The molecule has 31 heavy (non-hydrogen) atoms. The molecule has 8 heteroatoms. The molecule has 0 bridgehead atoms. The number of hydrogen-bond donors (Lipinski definition) is 1. The van der Waals surface area contributed by atoms with Crippen molar-refractivity contribution in [2.75, 3.05) is 45.2 Å². The van der Waals surface area contributed by atoms with Crippen molar-refractivity contribution in [3.8, 4) is 11.5 Å². The maximum absolute atomic E-state index is 12.7. The molecule has 0 unspecified atom stereocenters. The van der Waals surface area contributed by atoms with Crippen molar-refractivity contribution >= 4 is 28.8 Å². The number of rotatable bonds is 13. The Balaban J connectivity index is 1.91. The molecule has 2 amide bonds. The van der Waals surface area contributed by atoms with Crippen LogP contribution < -0.4 is 14.8 Å². The van der Waals surface area contributed by atoms with Gasteiger partial charge in [0.15, 0.2) is 11.5 Å². The van der Waals surface area contributed by atoms with Gasteiger partial charge in [0.2, 0.25) is 11.8 Å². The van der Waals surface area contributed by atoms with Crippen LogP contribution in [0.3, 0.4) is 0 Å². The van der Waals surface area contributed by atoms with Crippen LogP contribution in [0.25, 0.3) is 0 Å². The molecule has 1 N–H and O–H groups in total. The number of nitrogens with zero attached hydrogens (tertiary/aromatic N) is 2. The minimum atomic E-state index is -0.213. The Bertz CT molecular complexity index is 855. The van der Waals surface area contributed by atoms with Crippen molar-refractivity contribution in [1.29, 1.82) is 0 Å². The van der Waals surface area contributed by atoms with Crippen molar-refractivity contribution < 1.29 is 19.1 Å². The fourth-order valence-electron chi connectivity index (χ4n) is 2.96. The molecule has 1 aromatic carbocycles. The molecule has 1 heterocycles. The summed E-state index contributed by atoms with van der Waals surface area (Å²) in [6, 6.07) is 9.24. The van der Waals surface area contributed by atoms with E-state index in [1.165, 1.54) is 0 Å². The van der Waals surface area contributed by atoms with E-state index in [4.69, 9.17) is 9.47 Å². The van der Waals surface area contributed by atoms with E-state index in [0.717, 1.165) is 4.88 Å². The molecule has 2 rings (SSSR count). The number of nitrogens with one attached hydrogen (secondary N) is 1. The van der Waals surface area contributed by atoms with Crippen LogP contribution in [-0.4, -0.2) is 61.5 Å². The molecule has 0 aliphatic rings. The van der Waals surface area contributed by atoms with E-state index < -0.39 is 0 Å². The average Bonchev–Trinajstić information content (AvgIpc) is 3.23. The lowest BCUT2D eigenvalue weighted by molar-refractivity contribution is -0.132. The Hall–Kier alpha value is -2.84. The summed E-state index contributed by atoms with van der Waals surface area (Å²) >= 11 is 1.61. The first-order valence-corrected chi connectivity index (χ1v) is 11.1. The lowest BCUT2D eigenvalue weighted by Gasteiger charge is -2.24. The summed E-state index contributed by atoms with van der Waals surface area (Å²) in [6.45, 7) is 9.78. The van der Waals surface area contributed by atoms with Gasteiger partial charge in [-0.25, -0.2) is 0 Å². The summed E-state index contributed by atoms with van der Waals surface area (Å²) < 4.78 is 11.1. The number of likely N-dealkylation sites (N-methyl/N-ethyl adjacent to an activating group) is 1. The Morgan fingerprint density at radius 2 is 1.87 bits per heavy atom. The molecule has 2 aromatic rings. The predicted octanol–water partition coefficient (Wildman–Crippen LogP) is 3.63. The van der Waals surface area contributed by atoms with Crippen molar-refractivity contribution in [3.05, 3.63) is 53.2 Å². The Morgan fingerprint density at radius 1 is 1.13 bits per heavy atom. The normalized spacial score (nSPS) is 10.6. The average molecular weight is 446 g/mol. The van der Waals surface area contributed by atoms with Gasteiger partial charge in [-0.05, 0) is 44.5 Å². The van der Waals surface area contributed by atoms with Crippen LogP contribution >= 0.6 is 11.3 Å². The third kappa shape index (κ3) is 8.07. The van der Waals surface area contributed by atoms with E-state index in [-0.39, 0.29) is 24.9 Å². The van der Waals surface area contributed by atoms with E-state index in [0.29, 0.717) is 43.5 Å². The van der Waals surface area contributed by atoms with Crippen molar-refractivity contribution in [1.82, 2.24) is 9.80 Å². The van der Waals surface area contributed by atoms with Gasteiger partial charge < -0.3 is 19.7 Å². The number of hydrogen-bond acceptors (Lipinski definition) is 6. The van der Waals surface area contributed by atoms with Crippen LogP contribution in [-0.2, 0) is 16.1 Å².